The molecule has 1 aliphatic rings. The number of aromatic nitrogens is 2. The summed E-state index contributed by atoms with van der Waals surface area (Å²) in [6.45, 7) is 5.55. The third kappa shape index (κ3) is 6.64. The molecule has 1 fully saturated rings. The molecule has 176 valence electrons. The molecule has 2 aromatic rings. The molecule has 10 heteroatoms. The highest BCUT2D eigenvalue weighted by atomic mass is 35.5. The molecular formula is C23H28ClN5O4. The summed E-state index contributed by atoms with van der Waals surface area (Å²) in [5.74, 6) is -0.845. The van der Waals surface area contributed by atoms with Crippen molar-refractivity contribution in [1.82, 2.24) is 20.2 Å². The Labute approximate surface area is 198 Å². The number of carbonyl (C=O) groups is 3. The van der Waals surface area contributed by atoms with Gasteiger partial charge in [0, 0.05) is 49.2 Å². The molecule has 0 bridgehead atoms. The second-order valence-electron chi connectivity index (χ2n) is 7.87. The average Bonchev–Trinajstić information content (AvgIpc) is 2.86. The number of halogens is 1. The van der Waals surface area contributed by atoms with Crippen LogP contribution >= 0.6 is 11.6 Å². The van der Waals surface area contributed by atoms with Crippen molar-refractivity contribution in [2.75, 3.05) is 37.7 Å². The smallest absolute Gasteiger partial charge is 0.329 e. The van der Waals surface area contributed by atoms with Gasteiger partial charge in [-0.05, 0) is 36.2 Å². The van der Waals surface area contributed by atoms with Gasteiger partial charge in [-0.1, -0.05) is 31.9 Å². The zero-order chi connectivity index (χ0) is 23.8. The van der Waals surface area contributed by atoms with Gasteiger partial charge in [0.2, 0.25) is 5.95 Å². The van der Waals surface area contributed by atoms with Gasteiger partial charge < -0.3 is 19.9 Å². The maximum absolute atomic E-state index is 12.7. The molecule has 0 saturated carbocycles. The van der Waals surface area contributed by atoms with Gasteiger partial charge in [0.15, 0.2) is 6.61 Å². The van der Waals surface area contributed by atoms with Gasteiger partial charge in [-0.2, -0.15) is 0 Å². The highest BCUT2D eigenvalue weighted by molar-refractivity contribution is 6.30. The summed E-state index contributed by atoms with van der Waals surface area (Å²) in [4.78, 5) is 50.0. The maximum atomic E-state index is 12.7. The normalized spacial score (nSPS) is 15.5. The van der Waals surface area contributed by atoms with Crippen molar-refractivity contribution in [3.05, 3.63) is 53.3 Å². The summed E-state index contributed by atoms with van der Waals surface area (Å²) in [5, 5.41) is 3.24. The molecule has 1 saturated heterocycles. The van der Waals surface area contributed by atoms with E-state index in [0.717, 1.165) is 0 Å². The van der Waals surface area contributed by atoms with E-state index >= 15 is 0 Å². The first-order chi connectivity index (χ1) is 15.9. The molecule has 0 unspecified atom stereocenters. The lowest BCUT2D eigenvalue weighted by Gasteiger charge is -2.34. The van der Waals surface area contributed by atoms with Crippen LogP contribution in [0.1, 0.15) is 30.6 Å². The lowest BCUT2D eigenvalue weighted by molar-refractivity contribution is -0.154. The van der Waals surface area contributed by atoms with Crippen LogP contribution in [0, 0.1) is 5.92 Å². The van der Waals surface area contributed by atoms with E-state index in [2.05, 4.69) is 15.3 Å². The fourth-order valence-electron chi connectivity index (χ4n) is 3.42. The van der Waals surface area contributed by atoms with Crippen LogP contribution < -0.4 is 10.2 Å². The van der Waals surface area contributed by atoms with Gasteiger partial charge in [0.05, 0.1) is 0 Å². The molecule has 0 radical (unpaired) electrons. The van der Waals surface area contributed by atoms with Crippen molar-refractivity contribution in [2.24, 2.45) is 5.92 Å². The first-order valence-electron chi connectivity index (χ1n) is 10.9. The number of hydrogen-bond acceptors (Lipinski definition) is 7. The number of anilines is 1. The Morgan fingerprint density at radius 2 is 1.73 bits per heavy atom. The van der Waals surface area contributed by atoms with Crippen LogP contribution in [-0.4, -0.2) is 71.5 Å². The van der Waals surface area contributed by atoms with Crippen LogP contribution in [0.2, 0.25) is 5.02 Å². The number of ether oxygens (including phenoxy) is 1. The summed E-state index contributed by atoms with van der Waals surface area (Å²) in [6, 6.07) is 7.27. The zero-order valence-corrected chi connectivity index (χ0v) is 19.5. The standard InChI is InChI=1S/C23H28ClN5O4/c1-3-16(2)20(27-21(31)17-5-7-18(24)8-6-17)22(32)33-15-19(30)28-11-13-29(14-12-28)23-25-9-4-10-26-23/h4-10,16,20H,3,11-15H2,1-2H3,(H,27,31)/t16-,20-/m0/s1. The summed E-state index contributed by atoms with van der Waals surface area (Å²) in [6.07, 6.45) is 4.01. The Morgan fingerprint density at radius 3 is 2.33 bits per heavy atom. The Bertz CT molecular complexity index is 949. The number of nitrogens with zero attached hydrogens (tertiary/aromatic N) is 4. The fourth-order valence-corrected chi connectivity index (χ4v) is 3.55. The number of rotatable bonds is 8. The third-order valence-corrected chi connectivity index (χ3v) is 5.92. The van der Waals surface area contributed by atoms with Gasteiger partial charge in [-0.25, -0.2) is 14.8 Å². The minimum Gasteiger partial charge on any atom is -0.454 e. The average molecular weight is 474 g/mol. The monoisotopic (exact) mass is 473 g/mol. The van der Waals surface area contributed by atoms with Gasteiger partial charge in [0.25, 0.3) is 11.8 Å². The van der Waals surface area contributed by atoms with Crippen molar-refractivity contribution in [3.8, 4) is 0 Å². The molecule has 9 nitrogen and oxygen atoms in total. The van der Waals surface area contributed by atoms with Crippen LogP contribution in [0.5, 0.6) is 0 Å². The highest BCUT2D eigenvalue weighted by Crippen LogP contribution is 2.14. The first kappa shape index (κ1) is 24.4. The topological polar surface area (TPSA) is 105 Å². The van der Waals surface area contributed by atoms with E-state index < -0.39 is 17.9 Å². The van der Waals surface area contributed by atoms with Crippen molar-refractivity contribution < 1.29 is 19.1 Å². The van der Waals surface area contributed by atoms with Crippen LogP contribution in [0.3, 0.4) is 0 Å². The van der Waals surface area contributed by atoms with Crippen LogP contribution in [0.15, 0.2) is 42.7 Å². The molecule has 33 heavy (non-hydrogen) atoms. The SMILES string of the molecule is CC[C@H](C)[C@H](NC(=O)c1ccc(Cl)cc1)C(=O)OCC(=O)N1CCN(c2ncccn2)CC1. The van der Waals surface area contributed by atoms with Gasteiger partial charge in [-0.15, -0.1) is 0 Å². The van der Waals surface area contributed by atoms with E-state index in [9.17, 15) is 14.4 Å². The lowest BCUT2D eigenvalue weighted by Crippen LogP contribution is -2.51. The predicted octanol–water partition coefficient (Wildman–Crippen LogP) is 2.17. The summed E-state index contributed by atoms with van der Waals surface area (Å²) in [7, 11) is 0. The van der Waals surface area contributed by atoms with Crippen LogP contribution in [0.4, 0.5) is 5.95 Å². The quantitative estimate of drug-likeness (QED) is 0.586. The minimum atomic E-state index is -0.863. The number of nitrogens with one attached hydrogen (secondary N) is 1. The largest absolute Gasteiger partial charge is 0.454 e. The van der Waals surface area contributed by atoms with Gasteiger partial charge in [0.1, 0.15) is 6.04 Å². The second kappa shape index (κ2) is 11.6. The van der Waals surface area contributed by atoms with Crippen LogP contribution in [0.25, 0.3) is 0 Å². The zero-order valence-electron chi connectivity index (χ0n) is 18.7. The van der Waals surface area contributed by atoms with Crippen molar-refractivity contribution >= 4 is 35.3 Å². The Balaban J connectivity index is 1.51. The molecule has 2 amide bonds. The molecule has 1 N–H and O–H groups in total. The van der Waals surface area contributed by atoms with Gasteiger partial charge >= 0.3 is 5.97 Å². The second-order valence-corrected chi connectivity index (χ2v) is 8.30. The molecular weight excluding hydrogens is 446 g/mol. The molecule has 1 aliphatic heterocycles. The number of benzene rings is 1. The van der Waals surface area contributed by atoms with E-state index in [1.165, 1.54) is 0 Å². The maximum Gasteiger partial charge on any atom is 0.329 e. The fraction of sp³-hybridized carbons (Fsp3) is 0.435. The highest BCUT2D eigenvalue weighted by Gasteiger charge is 2.29. The molecule has 3 rings (SSSR count). The van der Waals surface area contributed by atoms with Crippen molar-refractivity contribution in [1.29, 1.82) is 0 Å². The molecule has 2 heterocycles. The van der Waals surface area contributed by atoms with E-state index in [-0.39, 0.29) is 18.4 Å². The number of piperazine rings is 1. The first-order valence-corrected chi connectivity index (χ1v) is 11.3. The number of hydrogen-bond donors (Lipinski definition) is 1. The number of esters is 1. The molecule has 1 aromatic heterocycles. The number of amides is 2. The molecule has 0 aliphatic carbocycles. The van der Waals surface area contributed by atoms with E-state index in [0.29, 0.717) is 49.1 Å². The molecule has 2 atom stereocenters. The number of carbonyl (C=O) groups excluding carboxylic acids is 3. The van der Waals surface area contributed by atoms with E-state index in [4.69, 9.17) is 16.3 Å². The third-order valence-electron chi connectivity index (χ3n) is 5.67. The van der Waals surface area contributed by atoms with E-state index in [1.54, 1.807) is 47.6 Å². The summed E-state index contributed by atoms with van der Waals surface area (Å²) < 4.78 is 5.31. The lowest BCUT2D eigenvalue weighted by atomic mass is 9.99. The summed E-state index contributed by atoms with van der Waals surface area (Å²) >= 11 is 5.87. The molecule has 1 aromatic carbocycles. The van der Waals surface area contributed by atoms with E-state index in [1.807, 2.05) is 18.7 Å². The van der Waals surface area contributed by atoms with Crippen LogP contribution in [-0.2, 0) is 14.3 Å². The Kier molecular flexibility index (Phi) is 8.59. The Hall–Kier alpha value is -3.20. The Morgan fingerprint density at radius 1 is 1.09 bits per heavy atom. The predicted molar refractivity (Wildman–Crippen MR) is 124 cm³/mol. The van der Waals surface area contributed by atoms with Gasteiger partial charge in [-0.3, -0.25) is 9.59 Å². The minimum absolute atomic E-state index is 0.168. The van der Waals surface area contributed by atoms with Crippen molar-refractivity contribution in [2.45, 2.75) is 26.3 Å². The molecule has 0 spiro atoms. The summed E-state index contributed by atoms with van der Waals surface area (Å²) in [5.41, 5.74) is 0.386. The van der Waals surface area contributed by atoms with Crippen molar-refractivity contribution in [3.63, 3.8) is 0 Å².